The molecular weight excluding hydrogens is 324 g/mol. The van der Waals surface area contributed by atoms with Crippen molar-refractivity contribution in [3.63, 3.8) is 0 Å². The number of hydrogen-bond acceptors (Lipinski definition) is 3. The highest BCUT2D eigenvalue weighted by molar-refractivity contribution is 5.77. The molecule has 2 saturated heterocycles. The number of nitrogens with zero attached hydrogens (tertiary/aromatic N) is 3. The lowest BCUT2D eigenvalue weighted by molar-refractivity contribution is -0.141. The van der Waals surface area contributed by atoms with Crippen molar-refractivity contribution in [2.45, 2.75) is 45.2 Å². The summed E-state index contributed by atoms with van der Waals surface area (Å²) in [5, 5.41) is 0. The van der Waals surface area contributed by atoms with Crippen LogP contribution in [-0.4, -0.2) is 51.4 Å². The number of nitrogens with one attached hydrogen (secondary N) is 1. The number of hydrogen-bond donors (Lipinski definition) is 1. The zero-order valence-electron chi connectivity index (χ0n) is 15.5. The van der Waals surface area contributed by atoms with Crippen LogP contribution < -0.4 is 0 Å². The molecule has 0 spiro atoms. The van der Waals surface area contributed by atoms with Gasteiger partial charge >= 0.3 is 0 Å². The molecule has 1 aromatic heterocycles. The summed E-state index contributed by atoms with van der Waals surface area (Å²) in [6, 6.07) is 10.9. The minimum absolute atomic E-state index is 0.347. The van der Waals surface area contributed by atoms with Gasteiger partial charge in [-0.2, -0.15) is 0 Å². The first-order valence-corrected chi connectivity index (χ1v) is 9.75. The number of fused-ring (bicyclic) bond motifs is 1. The molecule has 2 fully saturated rings. The van der Waals surface area contributed by atoms with Gasteiger partial charge in [-0.15, -0.1) is 0 Å². The number of aryl methyl sites for hydroxylation is 1. The second-order valence-electron chi connectivity index (χ2n) is 7.71. The smallest absolute Gasteiger partial charge is 0.222 e. The minimum atomic E-state index is 0.347. The summed E-state index contributed by atoms with van der Waals surface area (Å²) in [5.74, 6) is 1.92. The molecule has 5 nitrogen and oxygen atoms in total. The summed E-state index contributed by atoms with van der Waals surface area (Å²) in [5.41, 5.74) is 2.50. The molecule has 0 aliphatic carbocycles. The Hall–Kier alpha value is -2.14. The van der Waals surface area contributed by atoms with Crippen molar-refractivity contribution in [1.29, 1.82) is 0 Å². The van der Waals surface area contributed by atoms with Gasteiger partial charge in [0.1, 0.15) is 5.82 Å². The highest BCUT2D eigenvalue weighted by Gasteiger charge is 2.38. The van der Waals surface area contributed by atoms with Crippen LogP contribution in [0.4, 0.5) is 0 Å². The maximum atomic E-state index is 12.5. The van der Waals surface area contributed by atoms with Crippen LogP contribution in [-0.2, 0) is 17.8 Å². The summed E-state index contributed by atoms with van der Waals surface area (Å²) in [6.07, 6.45) is 5.71. The Bertz CT molecular complexity index is 741. The van der Waals surface area contributed by atoms with Crippen LogP contribution in [0.15, 0.2) is 36.5 Å². The molecule has 5 heteroatoms. The molecule has 2 aliphatic rings. The molecule has 0 bridgehead atoms. The van der Waals surface area contributed by atoms with Crippen LogP contribution >= 0.6 is 0 Å². The van der Waals surface area contributed by atoms with Gasteiger partial charge in [-0.05, 0) is 37.7 Å². The van der Waals surface area contributed by atoms with Crippen molar-refractivity contribution in [3.05, 3.63) is 53.6 Å². The Labute approximate surface area is 155 Å². The molecule has 2 atom stereocenters. The molecular formula is C21H28N4O. The second kappa shape index (κ2) is 7.62. The monoisotopic (exact) mass is 352 g/mol. The first-order chi connectivity index (χ1) is 12.7. The highest BCUT2D eigenvalue weighted by Crippen LogP contribution is 2.32. The number of benzene rings is 1. The fourth-order valence-electron chi connectivity index (χ4n) is 4.55. The van der Waals surface area contributed by atoms with Crippen LogP contribution in [0.3, 0.4) is 0 Å². The van der Waals surface area contributed by atoms with Gasteiger partial charge in [-0.3, -0.25) is 9.69 Å². The number of likely N-dealkylation sites (tertiary alicyclic amines) is 2. The Kier molecular flexibility index (Phi) is 5.07. The molecule has 0 radical (unpaired) electrons. The number of rotatable bonds is 5. The van der Waals surface area contributed by atoms with E-state index in [4.69, 9.17) is 0 Å². The van der Waals surface area contributed by atoms with Crippen molar-refractivity contribution >= 4 is 5.91 Å². The van der Waals surface area contributed by atoms with Crippen molar-refractivity contribution in [2.75, 3.05) is 19.6 Å². The molecule has 4 rings (SSSR count). The second-order valence-corrected chi connectivity index (χ2v) is 7.71. The molecule has 2 aliphatic heterocycles. The summed E-state index contributed by atoms with van der Waals surface area (Å²) in [6.45, 7) is 5.91. The Balaban J connectivity index is 1.37. The van der Waals surface area contributed by atoms with Gasteiger partial charge < -0.3 is 9.88 Å². The van der Waals surface area contributed by atoms with Crippen molar-refractivity contribution in [3.8, 4) is 0 Å². The third-order valence-electron chi connectivity index (χ3n) is 5.86. The maximum absolute atomic E-state index is 12.5. The molecule has 3 heterocycles. The van der Waals surface area contributed by atoms with Gasteiger partial charge in [0.2, 0.25) is 5.91 Å². The van der Waals surface area contributed by atoms with Crippen molar-refractivity contribution in [2.24, 2.45) is 5.92 Å². The third-order valence-corrected chi connectivity index (χ3v) is 5.86. The fraction of sp³-hybridized carbons (Fsp3) is 0.524. The van der Waals surface area contributed by atoms with E-state index in [9.17, 15) is 4.79 Å². The maximum Gasteiger partial charge on any atom is 0.222 e. The molecule has 1 aromatic carbocycles. The van der Waals surface area contributed by atoms with E-state index in [0.29, 0.717) is 24.3 Å². The number of aromatic nitrogens is 2. The van der Waals surface area contributed by atoms with Crippen LogP contribution in [0.1, 0.15) is 36.3 Å². The molecule has 2 unspecified atom stereocenters. The van der Waals surface area contributed by atoms with Gasteiger partial charge in [0.25, 0.3) is 0 Å². The number of carbonyl (C=O) groups is 1. The number of carbonyl (C=O) groups excluding carboxylic acids is 1. The van der Waals surface area contributed by atoms with E-state index in [1.807, 2.05) is 19.2 Å². The lowest BCUT2D eigenvalue weighted by Crippen LogP contribution is -2.56. The van der Waals surface area contributed by atoms with E-state index in [1.165, 1.54) is 11.3 Å². The van der Waals surface area contributed by atoms with Crippen LogP contribution in [0.25, 0.3) is 0 Å². The zero-order valence-corrected chi connectivity index (χ0v) is 15.5. The van der Waals surface area contributed by atoms with E-state index in [0.717, 1.165) is 51.3 Å². The first kappa shape index (κ1) is 17.3. The predicted molar refractivity (Wildman–Crippen MR) is 102 cm³/mol. The molecule has 1 N–H and O–H groups in total. The van der Waals surface area contributed by atoms with E-state index < -0.39 is 0 Å². The molecule has 1 amide bonds. The Morgan fingerprint density at radius 2 is 2.08 bits per heavy atom. The average Bonchev–Trinajstić information content (AvgIpc) is 3.06. The van der Waals surface area contributed by atoms with Gasteiger partial charge in [-0.1, -0.05) is 30.3 Å². The molecule has 138 valence electrons. The van der Waals surface area contributed by atoms with Gasteiger partial charge in [0.05, 0.1) is 0 Å². The number of imidazole rings is 1. The van der Waals surface area contributed by atoms with Crippen LogP contribution in [0.5, 0.6) is 0 Å². The fourth-order valence-corrected chi connectivity index (χ4v) is 4.55. The largest absolute Gasteiger partial charge is 0.345 e. The van der Waals surface area contributed by atoms with Gasteiger partial charge in [0, 0.05) is 50.5 Å². The quantitative estimate of drug-likeness (QED) is 0.900. The lowest BCUT2D eigenvalue weighted by atomic mass is 9.83. The number of aromatic amines is 1. The average molecular weight is 352 g/mol. The number of H-pyrrole nitrogens is 1. The highest BCUT2D eigenvalue weighted by atomic mass is 16.2. The molecule has 0 saturated carbocycles. The number of amides is 1. The van der Waals surface area contributed by atoms with E-state index in [2.05, 4.69) is 44.0 Å². The Morgan fingerprint density at radius 3 is 2.85 bits per heavy atom. The molecule has 2 aromatic rings. The van der Waals surface area contributed by atoms with Crippen LogP contribution in [0.2, 0.25) is 0 Å². The zero-order chi connectivity index (χ0) is 17.9. The molecule has 26 heavy (non-hydrogen) atoms. The minimum Gasteiger partial charge on any atom is -0.345 e. The van der Waals surface area contributed by atoms with Crippen LogP contribution in [0, 0.1) is 12.8 Å². The SMILES string of the molecule is Cc1ncc(CN2CCC3C(CCC(=O)N3CCc3ccccc3)C2)[nH]1. The van der Waals surface area contributed by atoms with Gasteiger partial charge in [0.15, 0.2) is 0 Å². The van der Waals surface area contributed by atoms with Gasteiger partial charge in [-0.25, -0.2) is 4.98 Å². The van der Waals surface area contributed by atoms with E-state index >= 15 is 0 Å². The first-order valence-electron chi connectivity index (χ1n) is 9.75. The standard InChI is InChI=1S/C21H28N4O/c1-16-22-13-19(23-16)15-24-11-10-20-18(14-24)7-8-21(26)25(20)12-9-17-5-3-2-4-6-17/h2-6,13,18,20H,7-12,14-15H2,1H3,(H,22,23). The van der Waals surface area contributed by atoms with Crippen molar-refractivity contribution in [1.82, 2.24) is 19.8 Å². The Morgan fingerprint density at radius 1 is 1.23 bits per heavy atom. The normalized spacial score (nSPS) is 23.9. The number of piperidine rings is 2. The topological polar surface area (TPSA) is 52.2 Å². The summed E-state index contributed by atoms with van der Waals surface area (Å²) >= 11 is 0. The summed E-state index contributed by atoms with van der Waals surface area (Å²) in [4.78, 5) is 24.9. The summed E-state index contributed by atoms with van der Waals surface area (Å²) in [7, 11) is 0. The third kappa shape index (κ3) is 3.83. The van der Waals surface area contributed by atoms with E-state index in [1.54, 1.807) is 0 Å². The predicted octanol–water partition coefficient (Wildman–Crippen LogP) is 2.77. The lowest BCUT2D eigenvalue weighted by Gasteiger charge is -2.47. The van der Waals surface area contributed by atoms with Crippen molar-refractivity contribution < 1.29 is 4.79 Å². The van der Waals surface area contributed by atoms with E-state index in [-0.39, 0.29) is 0 Å². The summed E-state index contributed by atoms with van der Waals surface area (Å²) < 4.78 is 0.